The number of hydrogen-bond acceptors (Lipinski definition) is 6. The third-order valence-electron chi connectivity index (χ3n) is 3.27. The molecule has 1 aromatic heterocycles. The Hall–Kier alpha value is -2.49. The van der Waals surface area contributed by atoms with Crippen LogP contribution >= 0.6 is 23.1 Å². The number of benzene rings is 2. The predicted octanol–water partition coefficient (Wildman–Crippen LogP) is 4.26. The third kappa shape index (κ3) is 4.75. The maximum atomic E-state index is 11.9. The summed E-state index contributed by atoms with van der Waals surface area (Å²) in [6.07, 6.45) is 0. The SMILES string of the molecule is COc1ccc(C(=O)OCC#CCSc2nc3ccccc3s2)cc1. The summed E-state index contributed by atoms with van der Waals surface area (Å²) in [7, 11) is 1.58. The van der Waals surface area contributed by atoms with Gasteiger partial charge in [0.2, 0.25) is 0 Å². The van der Waals surface area contributed by atoms with Crippen molar-refractivity contribution in [3.8, 4) is 17.6 Å². The summed E-state index contributed by atoms with van der Waals surface area (Å²) >= 11 is 3.24. The van der Waals surface area contributed by atoms with Gasteiger partial charge in [-0.15, -0.1) is 11.3 Å². The molecule has 0 aliphatic carbocycles. The fraction of sp³-hybridized carbons (Fsp3) is 0.158. The molecule has 4 nitrogen and oxygen atoms in total. The van der Waals surface area contributed by atoms with Crippen molar-refractivity contribution in [3.63, 3.8) is 0 Å². The zero-order valence-corrected chi connectivity index (χ0v) is 15.2. The summed E-state index contributed by atoms with van der Waals surface area (Å²) in [5.41, 5.74) is 1.49. The molecule has 0 saturated carbocycles. The lowest BCUT2D eigenvalue weighted by molar-refractivity contribution is 0.0556. The molecule has 25 heavy (non-hydrogen) atoms. The summed E-state index contributed by atoms with van der Waals surface area (Å²) in [6.45, 7) is 0.0747. The van der Waals surface area contributed by atoms with Crippen molar-refractivity contribution < 1.29 is 14.3 Å². The topological polar surface area (TPSA) is 48.4 Å². The molecule has 0 aliphatic rings. The normalized spacial score (nSPS) is 10.1. The van der Waals surface area contributed by atoms with Crippen LogP contribution in [0.25, 0.3) is 10.2 Å². The molecule has 126 valence electrons. The Balaban J connectivity index is 1.43. The number of para-hydroxylation sites is 1. The van der Waals surface area contributed by atoms with E-state index in [9.17, 15) is 4.79 Å². The third-order valence-corrected chi connectivity index (χ3v) is 5.33. The Morgan fingerprint density at radius 2 is 1.96 bits per heavy atom. The van der Waals surface area contributed by atoms with Gasteiger partial charge >= 0.3 is 5.97 Å². The minimum Gasteiger partial charge on any atom is -0.497 e. The number of ether oxygens (including phenoxy) is 2. The number of rotatable bonds is 5. The minimum atomic E-state index is -0.393. The molecule has 0 unspecified atom stereocenters. The monoisotopic (exact) mass is 369 g/mol. The first-order chi connectivity index (χ1) is 12.3. The summed E-state index contributed by atoms with van der Waals surface area (Å²) in [6, 6.07) is 14.8. The maximum absolute atomic E-state index is 11.9. The number of carbonyl (C=O) groups excluding carboxylic acids is 1. The molecule has 1 heterocycles. The van der Waals surface area contributed by atoms with Gasteiger partial charge in [-0.05, 0) is 36.4 Å². The van der Waals surface area contributed by atoms with Gasteiger partial charge in [0.25, 0.3) is 0 Å². The molecule has 0 radical (unpaired) electrons. The Morgan fingerprint density at radius 3 is 2.72 bits per heavy atom. The van der Waals surface area contributed by atoms with Crippen LogP contribution in [-0.4, -0.2) is 30.4 Å². The van der Waals surface area contributed by atoms with Crippen LogP contribution < -0.4 is 4.74 Å². The highest BCUT2D eigenvalue weighted by molar-refractivity contribution is 8.01. The molecule has 0 saturated heterocycles. The van der Waals surface area contributed by atoms with E-state index in [2.05, 4.69) is 22.9 Å². The van der Waals surface area contributed by atoms with E-state index in [-0.39, 0.29) is 6.61 Å². The Labute approximate surface area is 154 Å². The maximum Gasteiger partial charge on any atom is 0.339 e. The van der Waals surface area contributed by atoms with Crippen molar-refractivity contribution in [1.82, 2.24) is 4.98 Å². The number of thioether (sulfide) groups is 1. The largest absolute Gasteiger partial charge is 0.497 e. The van der Waals surface area contributed by atoms with Crippen molar-refractivity contribution in [2.45, 2.75) is 4.34 Å². The molecule has 0 bridgehead atoms. The standard InChI is InChI=1S/C19H15NO3S2/c1-22-15-10-8-14(9-11-15)18(21)23-12-4-5-13-24-19-20-16-6-2-3-7-17(16)25-19/h2-3,6-11H,12-13H2,1H3. The van der Waals surface area contributed by atoms with Crippen molar-refractivity contribution in [3.05, 3.63) is 54.1 Å². The zero-order chi connectivity index (χ0) is 17.5. The highest BCUT2D eigenvalue weighted by atomic mass is 32.2. The second-order valence-electron chi connectivity index (χ2n) is 4.89. The molecular weight excluding hydrogens is 354 g/mol. The molecule has 0 fully saturated rings. The average molecular weight is 369 g/mol. The van der Waals surface area contributed by atoms with E-state index in [1.807, 2.05) is 18.2 Å². The number of fused-ring (bicyclic) bond motifs is 1. The summed E-state index contributed by atoms with van der Waals surface area (Å²) in [5, 5.41) is 0. The smallest absolute Gasteiger partial charge is 0.339 e. The van der Waals surface area contributed by atoms with Crippen LogP contribution in [0, 0.1) is 11.8 Å². The lowest BCUT2D eigenvalue weighted by Gasteiger charge is -2.02. The van der Waals surface area contributed by atoms with E-state index in [1.165, 1.54) is 4.70 Å². The number of carbonyl (C=O) groups is 1. The van der Waals surface area contributed by atoms with Gasteiger partial charge in [0.05, 0.1) is 28.6 Å². The van der Waals surface area contributed by atoms with E-state index in [0.717, 1.165) is 9.86 Å². The van der Waals surface area contributed by atoms with Crippen LogP contribution in [0.3, 0.4) is 0 Å². The first-order valence-corrected chi connectivity index (χ1v) is 9.32. The van der Waals surface area contributed by atoms with Gasteiger partial charge < -0.3 is 9.47 Å². The van der Waals surface area contributed by atoms with E-state index < -0.39 is 5.97 Å². The van der Waals surface area contributed by atoms with Gasteiger partial charge in [-0.1, -0.05) is 35.7 Å². The number of esters is 1. The highest BCUT2D eigenvalue weighted by Crippen LogP contribution is 2.28. The molecule has 2 aromatic carbocycles. The van der Waals surface area contributed by atoms with Crippen LogP contribution in [-0.2, 0) is 4.74 Å². The first-order valence-electron chi connectivity index (χ1n) is 7.51. The Kier molecular flexibility index (Phi) is 5.94. The molecule has 0 spiro atoms. The van der Waals surface area contributed by atoms with E-state index in [4.69, 9.17) is 9.47 Å². The van der Waals surface area contributed by atoms with Crippen LogP contribution in [0.5, 0.6) is 5.75 Å². The second-order valence-corrected chi connectivity index (χ2v) is 7.15. The number of nitrogens with zero attached hydrogens (tertiary/aromatic N) is 1. The minimum absolute atomic E-state index is 0.0747. The predicted molar refractivity (Wildman–Crippen MR) is 101 cm³/mol. The van der Waals surface area contributed by atoms with E-state index in [0.29, 0.717) is 17.1 Å². The van der Waals surface area contributed by atoms with E-state index >= 15 is 0 Å². The summed E-state index contributed by atoms with van der Waals surface area (Å²) in [5.74, 6) is 6.75. The number of methoxy groups -OCH3 is 1. The van der Waals surface area contributed by atoms with Gasteiger partial charge in [0.15, 0.2) is 10.9 Å². The Bertz CT molecular complexity index is 890. The fourth-order valence-corrected chi connectivity index (χ4v) is 3.86. The molecule has 3 rings (SSSR count). The zero-order valence-electron chi connectivity index (χ0n) is 13.5. The molecule has 6 heteroatoms. The van der Waals surface area contributed by atoms with Crippen molar-refractivity contribution in [1.29, 1.82) is 0 Å². The van der Waals surface area contributed by atoms with Gasteiger partial charge in [-0.3, -0.25) is 0 Å². The number of hydrogen-bond donors (Lipinski definition) is 0. The van der Waals surface area contributed by atoms with Crippen molar-refractivity contribution >= 4 is 39.3 Å². The van der Waals surface area contributed by atoms with Gasteiger partial charge in [0.1, 0.15) is 5.75 Å². The first kappa shape index (κ1) is 17.3. The lowest BCUT2D eigenvalue weighted by atomic mass is 10.2. The quantitative estimate of drug-likeness (QED) is 0.382. The van der Waals surface area contributed by atoms with Crippen molar-refractivity contribution in [2.75, 3.05) is 19.5 Å². The molecule has 0 amide bonds. The molecule has 0 aliphatic heterocycles. The second kappa shape index (κ2) is 8.56. The number of thiazole rings is 1. The lowest BCUT2D eigenvalue weighted by Crippen LogP contribution is -2.05. The Morgan fingerprint density at radius 1 is 1.16 bits per heavy atom. The van der Waals surface area contributed by atoms with Crippen LogP contribution in [0.4, 0.5) is 0 Å². The van der Waals surface area contributed by atoms with Crippen molar-refractivity contribution in [2.24, 2.45) is 0 Å². The average Bonchev–Trinajstić information content (AvgIpc) is 3.07. The molecular formula is C19H15NO3S2. The van der Waals surface area contributed by atoms with Crippen LogP contribution in [0.1, 0.15) is 10.4 Å². The summed E-state index contributed by atoms with van der Waals surface area (Å²) in [4.78, 5) is 16.4. The van der Waals surface area contributed by atoms with Crippen LogP contribution in [0.15, 0.2) is 52.9 Å². The highest BCUT2D eigenvalue weighted by Gasteiger charge is 2.06. The summed E-state index contributed by atoms with van der Waals surface area (Å²) < 4.78 is 12.3. The van der Waals surface area contributed by atoms with E-state index in [1.54, 1.807) is 54.5 Å². The fourth-order valence-electron chi connectivity index (χ4n) is 2.02. The molecule has 3 aromatic rings. The molecule has 0 atom stereocenters. The molecule has 0 N–H and O–H groups in total. The van der Waals surface area contributed by atoms with Gasteiger partial charge in [-0.2, -0.15) is 0 Å². The number of aromatic nitrogens is 1. The van der Waals surface area contributed by atoms with Crippen LogP contribution in [0.2, 0.25) is 0 Å². The van der Waals surface area contributed by atoms with Gasteiger partial charge in [-0.25, -0.2) is 9.78 Å². The van der Waals surface area contributed by atoms with Gasteiger partial charge in [0, 0.05) is 0 Å².